The van der Waals surface area contributed by atoms with Crippen LogP contribution in [-0.4, -0.2) is 88.6 Å². The number of carbonyl (C=O) groups is 4. The van der Waals surface area contributed by atoms with Crippen LogP contribution in [0.25, 0.3) is 0 Å². The standard InChI is InChI=1S/C14H14BrN5O6S3/c15-1-6(21)7(19-26)9(22)18-8-10(23)20-2-14(12(24)25,3-27-11(8)20)4-28-13-16-5-17-29-13/h5,8,11,26H,1-4H2,(H,18,22)(H,24,25)/t8?,11-,14?/m1/s1. The number of carbonyl (C=O) groups excluding carboxylic acids is 3. The fourth-order valence-electron chi connectivity index (χ4n) is 2.83. The summed E-state index contributed by atoms with van der Waals surface area (Å²) in [5, 5.41) is 23.1. The number of hydrogen-bond acceptors (Lipinski definition) is 11. The number of thioether (sulfide) groups is 2. The summed E-state index contributed by atoms with van der Waals surface area (Å²) in [6.07, 6.45) is 1.39. The van der Waals surface area contributed by atoms with E-state index in [1.165, 1.54) is 46.3 Å². The number of ketones is 1. The molecule has 0 saturated carbocycles. The number of Topliss-reactive ketones (excluding diaryl/α,β-unsaturated/α-hetero) is 1. The average molecular weight is 524 g/mol. The average Bonchev–Trinajstić information content (AvgIpc) is 3.24. The minimum absolute atomic E-state index is 0.00170. The molecule has 29 heavy (non-hydrogen) atoms. The first-order valence-electron chi connectivity index (χ1n) is 8.00. The molecule has 0 bridgehead atoms. The first kappa shape index (κ1) is 22.0. The van der Waals surface area contributed by atoms with Gasteiger partial charge >= 0.3 is 5.97 Å². The van der Waals surface area contributed by atoms with Crippen molar-refractivity contribution >= 4 is 80.3 Å². The number of oxime groups is 1. The highest BCUT2D eigenvalue weighted by molar-refractivity contribution is 9.09. The molecule has 2 unspecified atom stereocenters. The lowest BCUT2D eigenvalue weighted by molar-refractivity contribution is -0.157. The molecule has 0 radical (unpaired) electrons. The molecule has 2 amide bonds. The first-order valence-corrected chi connectivity index (χ1v) is 11.9. The van der Waals surface area contributed by atoms with Gasteiger partial charge < -0.3 is 20.5 Å². The van der Waals surface area contributed by atoms with Gasteiger partial charge in [0.25, 0.3) is 5.91 Å². The smallest absolute Gasteiger partial charge is 0.313 e. The van der Waals surface area contributed by atoms with E-state index < -0.39 is 46.1 Å². The molecule has 1 aromatic rings. The molecule has 3 heterocycles. The summed E-state index contributed by atoms with van der Waals surface area (Å²) in [5.74, 6) is -2.71. The Morgan fingerprint density at radius 2 is 2.24 bits per heavy atom. The van der Waals surface area contributed by atoms with Crippen LogP contribution >= 0.6 is 51.0 Å². The lowest BCUT2D eigenvalue weighted by Crippen LogP contribution is -2.74. The van der Waals surface area contributed by atoms with Gasteiger partial charge in [-0.05, 0) is 11.5 Å². The third-order valence-corrected chi connectivity index (χ3v) is 8.58. The van der Waals surface area contributed by atoms with Crippen molar-refractivity contribution in [3.63, 3.8) is 0 Å². The maximum absolute atomic E-state index is 12.5. The summed E-state index contributed by atoms with van der Waals surface area (Å²) in [6, 6.07) is -0.921. The van der Waals surface area contributed by atoms with Crippen molar-refractivity contribution in [2.24, 2.45) is 10.6 Å². The number of nitrogens with one attached hydrogen (secondary N) is 1. The lowest BCUT2D eigenvalue weighted by Gasteiger charge is -2.53. The number of aromatic nitrogens is 2. The monoisotopic (exact) mass is 523 g/mol. The topological polar surface area (TPSA) is 162 Å². The van der Waals surface area contributed by atoms with Crippen molar-refractivity contribution < 1.29 is 29.5 Å². The van der Waals surface area contributed by atoms with E-state index in [1.54, 1.807) is 0 Å². The van der Waals surface area contributed by atoms with E-state index in [0.29, 0.717) is 4.34 Å². The predicted molar refractivity (Wildman–Crippen MR) is 109 cm³/mol. The Balaban J connectivity index is 1.65. The fraction of sp³-hybridized carbons (Fsp3) is 0.500. The van der Waals surface area contributed by atoms with Crippen LogP contribution in [-0.2, 0) is 19.2 Å². The summed E-state index contributed by atoms with van der Waals surface area (Å²) < 4.78 is 4.52. The van der Waals surface area contributed by atoms with Crippen molar-refractivity contribution in [2.45, 2.75) is 15.8 Å². The number of halogens is 1. The fourth-order valence-corrected chi connectivity index (χ4v) is 6.40. The molecule has 11 nitrogen and oxygen atoms in total. The molecule has 3 atom stereocenters. The third kappa shape index (κ3) is 4.27. The predicted octanol–water partition coefficient (Wildman–Crippen LogP) is -0.105. The minimum Gasteiger partial charge on any atom is -0.481 e. The van der Waals surface area contributed by atoms with Crippen molar-refractivity contribution in [1.82, 2.24) is 19.6 Å². The number of carboxylic acid groups (broad SMARTS) is 1. The van der Waals surface area contributed by atoms with Gasteiger partial charge in [-0.15, -0.1) is 11.8 Å². The highest BCUT2D eigenvalue weighted by atomic mass is 79.9. The number of rotatable bonds is 8. The molecule has 1 aromatic heterocycles. The van der Waals surface area contributed by atoms with Crippen LogP contribution in [0, 0.1) is 5.41 Å². The van der Waals surface area contributed by atoms with Crippen molar-refractivity contribution in [3.05, 3.63) is 6.33 Å². The number of hydrogen-bond donors (Lipinski definition) is 3. The number of β-lactam (4-membered cyclic amide) rings is 1. The molecule has 15 heteroatoms. The van der Waals surface area contributed by atoms with Gasteiger partial charge in [-0.2, -0.15) is 4.37 Å². The highest BCUT2D eigenvalue weighted by Gasteiger charge is 2.57. The number of alkyl halides is 1. The van der Waals surface area contributed by atoms with Crippen LogP contribution in [0.15, 0.2) is 15.8 Å². The molecule has 2 fully saturated rings. The number of aliphatic carboxylic acids is 1. The first-order chi connectivity index (χ1) is 13.8. The Kier molecular flexibility index (Phi) is 6.80. The Morgan fingerprint density at radius 3 is 2.83 bits per heavy atom. The summed E-state index contributed by atoms with van der Waals surface area (Å²) in [7, 11) is 0. The Bertz CT molecular complexity index is 868. The van der Waals surface area contributed by atoms with Gasteiger partial charge in [0.2, 0.25) is 17.4 Å². The van der Waals surface area contributed by atoms with Crippen molar-refractivity contribution in [2.75, 3.05) is 23.4 Å². The Hall–Kier alpha value is -1.71. The van der Waals surface area contributed by atoms with Crippen LogP contribution in [0.3, 0.4) is 0 Å². The quantitative estimate of drug-likeness (QED) is 0.0796. The van der Waals surface area contributed by atoms with Crippen LogP contribution in [0.1, 0.15) is 0 Å². The van der Waals surface area contributed by atoms with E-state index in [2.05, 4.69) is 35.8 Å². The van der Waals surface area contributed by atoms with E-state index in [4.69, 9.17) is 5.21 Å². The summed E-state index contributed by atoms with van der Waals surface area (Å²) in [6.45, 7) is -0.00170. The Morgan fingerprint density at radius 1 is 1.48 bits per heavy atom. The van der Waals surface area contributed by atoms with E-state index in [-0.39, 0.29) is 23.4 Å². The van der Waals surface area contributed by atoms with Crippen molar-refractivity contribution in [1.29, 1.82) is 0 Å². The number of carboxylic acids is 1. The zero-order valence-electron chi connectivity index (χ0n) is 14.5. The number of nitrogens with zero attached hydrogens (tertiary/aromatic N) is 4. The SMILES string of the molecule is O=C(CBr)C(=NO)C(=O)NC1C(=O)N2CC(CSc3ncns3)(C(=O)O)CS[C@H]12. The zero-order chi connectivity index (χ0) is 21.2. The molecular formula is C14H14BrN5O6S3. The van der Waals surface area contributed by atoms with Crippen molar-refractivity contribution in [3.8, 4) is 0 Å². The molecule has 0 aliphatic carbocycles. The van der Waals surface area contributed by atoms with E-state index in [9.17, 15) is 24.3 Å². The normalized spacial score (nSPS) is 26.4. The molecule has 3 N–H and O–H groups in total. The third-order valence-electron chi connectivity index (χ3n) is 4.40. The molecule has 2 aliphatic heterocycles. The maximum Gasteiger partial charge on any atom is 0.313 e. The Labute approximate surface area is 185 Å². The van der Waals surface area contributed by atoms with E-state index in [1.807, 2.05) is 0 Å². The summed E-state index contributed by atoms with van der Waals surface area (Å²) >= 11 is 6.55. The van der Waals surface area contributed by atoms with E-state index in [0.717, 1.165) is 0 Å². The number of fused-ring (bicyclic) bond motifs is 1. The van der Waals surface area contributed by atoms with Gasteiger partial charge in [-0.1, -0.05) is 32.8 Å². The van der Waals surface area contributed by atoms with Gasteiger partial charge in [-0.3, -0.25) is 19.2 Å². The maximum atomic E-state index is 12.5. The van der Waals surface area contributed by atoms with Gasteiger partial charge in [-0.25, -0.2) is 4.98 Å². The molecule has 0 aromatic carbocycles. The van der Waals surface area contributed by atoms with Crippen LogP contribution < -0.4 is 5.32 Å². The second-order valence-corrected chi connectivity index (χ2v) is 9.87. The van der Waals surface area contributed by atoms with Crippen LogP contribution in [0.5, 0.6) is 0 Å². The second kappa shape index (κ2) is 8.97. The summed E-state index contributed by atoms with van der Waals surface area (Å²) in [5.41, 5.74) is -1.87. The molecule has 0 spiro atoms. The molecule has 156 valence electrons. The highest BCUT2D eigenvalue weighted by Crippen LogP contribution is 2.44. The van der Waals surface area contributed by atoms with Crippen LogP contribution in [0.2, 0.25) is 0 Å². The lowest BCUT2D eigenvalue weighted by atomic mass is 9.89. The second-order valence-electron chi connectivity index (χ2n) is 6.21. The molecule has 3 rings (SSSR count). The minimum atomic E-state index is -1.16. The van der Waals surface area contributed by atoms with Gasteiger partial charge in [0.15, 0.2) is 4.34 Å². The molecule has 2 saturated heterocycles. The van der Waals surface area contributed by atoms with Gasteiger partial charge in [0.1, 0.15) is 23.2 Å². The van der Waals surface area contributed by atoms with Gasteiger partial charge in [0, 0.05) is 18.1 Å². The molecular weight excluding hydrogens is 510 g/mol. The van der Waals surface area contributed by atoms with Gasteiger partial charge in [0.05, 0.1) is 5.33 Å². The largest absolute Gasteiger partial charge is 0.481 e. The van der Waals surface area contributed by atoms with E-state index >= 15 is 0 Å². The zero-order valence-corrected chi connectivity index (χ0v) is 18.5. The summed E-state index contributed by atoms with van der Waals surface area (Å²) in [4.78, 5) is 53.6. The molecule has 2 aliphatic rings. The van der Waals surface area contributed by atoms with Crippen LogP contribution in [0.4, 0.5) is 0 Å². The number of amides is 2.